The van der Waals surface area contributed by atoms with Crippen LogP contribution in [0.2, 0.25) is 10.0 Å². The molecule has 106 valence electrons. The Kier molecular flexibility index (Phi) is 4.58. The molecule has 20 heavy (non-hydrogen) atoms. The van der Waals surface area contributed by atoms with E-state index in [0.717, 1.165) is 12.1 Å². The smallest absolute Gasteiger partial charge is 0.145 e. The van der Waals surface area contributed by atoms with E-state index in [9.17, 15) is 18.3 Å². The van der Waals surface area contributed by atoms with Gasteiger partial charge in [-0.15, -0.1) is 0 Å². The first-order chi connectivity index (χ1) is 9.40. The van der Waals surface area contributed by atoms with Gasteiger partial charge in [0.1, 0.15) is 17.5 Å². The molecule has 1 atom stereocenters. The first-order valence-electron chi connectivity index (χ1n) is 5.65. The largest absolute Gasteiger partial charge is 0.388 e. The van der Waals surface area contributed by atoms with Crippen molar-refractivity contribution in [2.45, 2.75) is 12.5 Å². The SMILES string of the molecule is OC(Cc1cccc(Cl)c1F)c1cc(F)c(Cl)cc1F. The highest BCUT2D eigenvalue weighted by Crippen LogP contribution is 2.28. The fourth-order valence-electron chi connectivity index (χ4n) is 1.82. The lowest BCUT2D eigenvalue weighted by atomic mass is 10.0. The summed E-state index contributed by atoms with van der Waals surface area (Å²) in [5.74, 6) is -2.40. The van der Waals surface area contributed by atoms with Gasteiger partial charge < -0.3 is 5.11 Å². The molecule has 0 saturated heterocycles. The van der Waals surface area contributed by atoms with Crippen molar-refractivity contribution in [3.8, 4) is 0 Å². The molecule has 2 rings (SSSR count). The molecule has 6 heteroatoms. The van der Waals surface area contributed by atoms with Crippen molar-refractivity contribution < 1.29 is 18.3 Å². The number of rotatable bonds is 3. The lowest BCUT2D eigenvalue weighted by molar-refractivity contribution is 0.172. The van der Waals surface area contributed by atoms with Crippen molar-refractivity contribution >= 4 is 23.2 Å². The third-order valence-electron chi connectivity index (χ3n) is 2.84. The first-order valence-corrected chi connectivity index (χ1v) is 6.41. The molecule has 0 bridgehead atoms. The molecular weight excluding hydrogens is 312 g/mol. The summed E-state index contributed by atoms with van der Waals surface area (Å²) in [6.07, 6.45) is -1.64. The van der Waals surface area contributed by atoms with E-state index in [2.05, 4.69) is 0 Å². The van der Waals surface area contributed by atoms with Gasteiger partial charge in [0.15, 0.2) is 0 Å². The Labute approximate surface area is 123 Å². The normalized spacial score (nSPS) is 12.5. The predicted octanol–water partition coefficient (Wildman–Crippen LogP) is 4.69. The van der Waals surface area contributed by atoms with Crippen LogP contribution in [0.15, 0.2) is 30.3 Å². The number of aliphatic hydroxyl groups excluding tert-OH is 1. The van der Waals surface area contributed by atoms with Crippen LogP contribution in [0.1, 0.15) is 17.2 Å². The summed E-state index contributed by atoms with van der Waals surface area (Å²) in [7, 11) is 0. The molecule has 0 amide bonds. The van der Waals surface area contributed by atoms with Crippen LogP contribution in [-0.4, -0.2) is 5.11 Å². The Morgan fingerprint density at radius 3 is 2.40 bits per heavy atom. The zero-order valence-corrected chi connectivity index (χ0v) is 11.5. The Hall–Kier alpha value is -1.23. The number of hydrogen-bond acceptors (Lipinski definition) is 1. The van der Waals surface area contributed by atoms with Crippen molar-refractivity contribution in [1.29, 1.82) is 0 Å². The van der Waals surface area contributed by atoms with E-state index >= 15 is 0 Å². The summed E-state index contributed by atoms with van der Waals surface area (Å²) in [5.41, 5.74) is -0.175. The molecular formula is C14H9Cl2F3O. The molecule has 1 N–H and O–H groups in total. The minimum Gasteiger partial charge on any atom is -0.388 e. The number of hydrogen-bond donors (Lipinski definition) is 1. The summed E-state index contributed by atoms with van der Waals surface area (Å²) in [6.45, 7) is 0. The maximum atomic E-state index is 13.7. The minimum atomic E-state index is -1.41. The second-order valence-electron chi connectivity index (χ2n) is 4.22. The molecule has 0 aliphatic rings. The molecule has 0 aliphatic heterocycles. The Morgan fingerprint density at radius 1 is 1.00 bits per heavy atom. The van der Waals surface area contributed by atoms with Gasteiger partial charge in [0, 0.05) is 12.0 Å². The highest BCUT2D eigenvalue weighted by atomic mass is 35.5. The van der Waals surface area contributed by atoms with Crippen molar-refractivity contribution in [2.75, 3.05) is 0 Å². The second-order valence-corrected chi connectivity index (χ2v) is 5.04. The molecule has 0 aliphatic carbocycles. The fraction of sp³-hybridized carbons (Fsp3) is 0.143. The summed E-state index contributed by atoms with van der Waals surface area (Å²) < 4.78 is 40.6. The first kappa shape index (κ1) is 15.2. The summed E-state index contributed by atoms with van der Waals surface area (Å²) >= 11 is 11.0. The van der Waals surface area contributed by atoms with E-state index in [1.807, 2.05) is 0 Å². The summed E-state index contributed by atoms with van der Waals surface area (Å²) in [6, 6.07) is 5.84. The van der Waals surface area contributed by atoms with Gasteiger partial charge >= 0.3 is 0 Å². The van der Waals surface area contributed by atoms with E-state index in [4.69, 9.17) is 23.2 Å². The van der Waals surface area contributed by atoms with Crippen LogP contribution in [0.25, 0.3) is 0 Å². The maximum absolute atomic E-state index is 13.7. The van der Waals surface area contributed by atoms with Crippen LogP contribution in [0.3, 0.4) is 0 Å². The summed E-state index contributed by atoms with van der Waals surface area (Å²) in [5, 5.41) is 9.44. The predicted molar refractivity (Wildman–Crippen MR) is 71.4 cm³/mol. The summed E-state index contributed by atoms with van der Waals surface area (Å²) in [4.78, 5) is 0. The molecule has 0 fully saturated rings. The van der Waals surface area contributed by atoms with Gasteiger partial charge in [0.05, 0.1) is 16.1 Å². The van der Waals surface area contributed by atoms with E-state index in [-0.39, 0.29) is 27.6 Å². The third kappa shape index (κ3) is 3.08. The second kappa shape index (κ2) is 6.04. The molecule has 0 radical (unpaired) electrons. The highest BCUT2D eigenvalue weighted by molar-refractivity contribution is 6.31. The van der Waals surface area contributed by atoms with Gasteiger partial charge in [0.2, 0.25) is 0 Å². The fourth-order valence-corrected chi connectivity index (χ4v) is 2.16. The molecule has 1 unspecified atom stereocenters. The number of halogens is 5. The van der Waals surface area contributed by atoms with Crippen LogP contribution in [0.4, 0.5) is 13.2 Å². The highest BCUT2D eigenvalue weighted by Gasteiger charge is 2.18. The van der Waals surface area contributed by atoms with E-state index < -0.39 is 23.6 Å². The van der Waals surface area contributed by atoms with E-state index in [0.29, 0.717) is 0 Å². The average Bonchev–Trinajstić information content (AvgIpc) is 2.39. The maximum Gasteiger partial charge on any atom is 0.145 e. The lowest BCUT2D eigenvalue weighted by Gasteiger charge is -2.13. The van der Waals surface area contributed by atoms with E-state index in [1.165, 1.54) is 18.2 Å². The van der Waals surface area contributed by atoms with Crippen molar-refractivity contribution in [2.24, 2.45) is 0 Å². The van der Waals surface area contributed by atoms with E-state index in [1.54, 1.807) is 0 Å². The molecule has 0 heterocycles. The molecule has 2 aromatic rings. The van der Waals surface area contributed by atoms with Crippen LogP contribution >= 0.6 is 23.2 Å². The minimum absolute atomic E-state index is 0.0996. The molecule has 1 nitrogen and oxygen atoms in total. The third-order valence-corrected chi connectivity index (χ3v) is 3.42. The number of benzene rings is 2. The lowest BCUT2D eigenvalue weighted by Crippen LogP contribution is -2.07. The zero-order valence-electron chi connectivity index (χ0n) is 10.0. The van der Waals surface area contributed by atoms with Crippen molar-refractivity contribution in [1.82, 2.24) is 0 Å². The Bertz CT molecular complexity index is 647. The van der Waals surface area contributed by atoms with Gasteiger partial charge in [-0.2, -0.15) is 0 Å². The Morgan fingerprint density at radius 2 is 1.70 bits per heavy atom. The van der Waals surface area contributed by atoms with Gasteiger partial charge in [-0.25, -0.2) is 13.2 Å². The topological polar surface area (TPSA) is 20.2 Å². The van der Waals surface area contributed by atoms with Crippen LogP contribution in [-0.2, 0) is 6.42 Å². The van der Waals surface area contributed by atoms with Gasteiger partial charge in [-0.05, 0) is 23.8 Å². The average molecular weight is 321 g/mol. The monoisotopic (exact) mass is 320 g/mol. The van der Waals surface area contributed by atoms with Gasteiger partial charge in [0.25, 0.3) is 0 Å². The van der Waals surface area contributed by atoms with Crippen molar-refractivity contribution in [3.05, 3.63) is 69.0 Å². The Balaban J connectivity index is 2.31. The molecule has 0 spiro atoms. The van der Waals surface area contributed by atoms with Gasteiger partial charge in [-0.3, -0.25) is 0 Å². The van der Waals surface area contributed by atoms with Crippen LogP contribution in [0.5, 0.6) is 0 Å². The van der Waals surface area contributed by atoms with Crippen LogP contribution < -0.4 is 0 Å². The quantitative estimate of drug-likeness (QED) is 0.814. The molecule has 0 saturated carbocycles. The van der Waals surface area contributed by atoms with Gasteiger partial charge in [-0.1, -0.05) is 35.3 Å². The molecule has 2 aromatic carbocycles. The van der Waals surface area contributed by atoms with Crippen LogP contribution in [0, 0.1) is 17.5 Å². The van der Waals surface area contributed by atoms with Crippen molar-refractivity contribution in [3.63, 3.8) is 0 Å². The molecule has 0 aromatic heterocycles. The zero-order chi connectivity index (χ0) is 14.9. The number of aliphatic hydroxyl groups is 1. The standard InChI is InChI=1S/C14H9Cl2F3O/c15-9-3-1-2-7(14(9)19)4-13(20)8-5-12(18)10(16)6-11(8)17/h1-3,5-6,13,20H,4H2.